The fourth-order valence-electron chi connectivity index (χ4n) is 7.85. The first kappa shape index (κ1) is 24.4. The van der Waals surface area contributed by atoms with Crippen molar-refractivity contribution in [3.05, 3.63) is 41.5 Å². The lowest BCUT2D eigenvalue weighted by molar-refractivity contribution is -0.125. The normalized spacial score (nSPS) is 37.1. The molecule has 1 aromatic carbocycles. The van der Waals surface area contributed by atoms with Crippen LogP contribution in [0.15, 0.2) is 41.1 Å². The number of phenolic OH excluding ortho intramolecular Hbond substituents is 1. The van der Waals surface area contributed by atoms with Crippen molar-refractivity contribution >= 4 is 11.6 Å². The van der Waals surface area contributed by atoms with Crippen LogP contribution in [0.2, 0.25) is 0 Å². The Morgan fingerprint density at radius 2 is 1.89 bits per heavy atom. The monoisotopic (exact) mass is 480 g/mol. The van der Waals surface area contributed by atoms with Crippen molar-refractivity contribution in [2.75, 3.05) is 13.2 Å². The molecule has 0 aromatic heterocycles. The summed E-state index contributed by atoms with van der Waals surface area (Å²) in [7, 11) is 0. The third kappa shape index (κ3) is 4.62. The van der Waals surface area contributed by atoms with Crippen LogP contribution in [0.25, 0.3) is 0 Å². The minimum Gasteiger partial charge on any atom is -0.508 e. The highest BCUT2D eigenvalue weighted by Gasteiger charge is 2.58. The molecule has 0 radical (unpaired) electrons. The summed E-state index contributed by atoms with van der Waals surface area (Å²) in [5.74, 6) is 2.17. The average molecular weight is 481 g/mol. The quantitative estimate of drug-likeness (QED) is 0.513. The van der Waals surface area contributed by atoms with Gasteiger partial charge in [-0.1, -0.05) is 36.7 Å². The SMILES string of the molecule is C[C@]12CC[C@@H]3[C@@H](CCC4=CC(=NOCC(=O)NCCc5ccc(O)cc5)CC[C@@]43C)[C@@H]1CC[C@H]2O. The molecule has 0 aliphatic heterocycles. The van der Waals surface area contributed by atoms with E-state index in [0.29, 0.717) is 24.8 Å². The summed E-state index contributed by atoms with van der Waals surface area (Å²) in [4.78, 5) is 17.6. The first-order valence-corrected chi connectivity index (χ1v) is 13.4. The molecule has 0 spiro atoms. The molecule has 6 nitrogen and oxygen atoms in total. The van der Waals surface area contributed by atoms with Crippen molar-refractivity contribution in [1.29, 1.82) is 0 Å². The van der Waals surface area contributed by atoms with Crippen molar-refractivity contribution < 1.29 is 19.8 Å². The van der Waals surface area contributed by atoms with Crippen LogP contribution in [-0.2, 0) is 16.1 Å². The van der Waals surface area contributed by atoms with Gasteiger partial charge in [0.05, 0.1) is 11.8 Å². The number of fused-ring (bicyclic) bond motifs is 5. The topological polar surface area (TPSA) is 91.2 Å². The molecule has 3 fully saturated rings. The summed E-state index contributed by atoms with van der Waals surface area (Å²) < 4.78 is 0. The fourth-order valence-corrected chi connectivity index (χ4v) is 7.85. The zero-order chi connectivity index (χ0) is 24.6. The van der Waals surface area contributed by atoms with E-state index >= 15 is 0 Å². The molecule has 5 rings (SSSR count). The van der Waals surface area contributed by atoms with Gasteiger partial charge in [-0.3, -0.25) is 4.79 Å². The van der Waals surface area contributed by atoms with Gasteiger partial charge < -0.3 is 20.4 Å². The van der Waals surface area contributed by atoms with E-state index in [9.17, 15) is 15.0 Å². The van der Waals surface area contributed by atoms with Crippen LogP contribution in [0.4, 0.5) is 0 Å². The lowest BCUT2D eigenvalue weighted by Crippen LogP contribution is -2.51. The Bertz CT molecular complexity index is 1000. The van der Waals surface area contributed by atoms with E-state index in [0.717, 1.165) is 49.3 Å². The maximum absolute atomic E-state index is 12.1. The number of aromatic hydroxyl groups is 1. The van der Waals surface area contributed by atoms with Crippen LogP contribution < -0.4 is 5.32 Å². The summed E-state index contributed by atoms with van der Waals surface area (Å²) in [6.07, 6.45) is 11.7. The fraction of sp³-hybridized carbons (Fsp3) is 0.655. The summed E-state index contributed by atoms with van der Waals surface area (Å²) in [5.41, 5.74) is 3.86. The Balaban J connectivity index is 1.14. The highest BCUT2D eigenvalue weighted by molar-refractivity contribution is 5.96. The largest absolute Gasteiger partial charge is 0.508 e. The highest BCUT2D eigenvalue weighted by atomic mass is 16.6. The van der Waals surface area contributed by atoms with Crippen molar-refractivity contribution in [1.82, 2.24) is 5.32 Å². The second-order valence-corrected chi connectivity index (χ2v) is 11.8. The number of benzene rings is 1. The Kier molecular flexibility index (Phi) is 6.69. The number of nitrogens with one attached hydrogen (secondary N) is 1. The summed E-state index contributed by atoms with van der Waals surface area (Å²) in [6, 6.07) is 7.00. The standard InChI is InChI=1S/C29H40N2O4/c1-28-14-11-21(31-35-18-27(34)30-16-13-19-3-6-22(32)7-4-19)17-20(28)5-8-23-24-9-10-26(33)29(24,2)15-12-25(23)28/h3-4,6-7,17,23-26,32-33H,5,8-16,18H2,1-2H3,(H,30,34)/t23-,24-,25+,26+,28-,29-/m0/s1. The first-order valence-electron chi connectivity index (χ1n) is 13.4. The van der Waals surface area contributed by atoms with Crippen LogP contribution in [-0.4, -0.2) is 41.1 Å². The number of allylic oxidation sites excluding steroid dienone is 2. The number of phenols is 1. The van der Waals surface area contributed by atoms with Crippen LogP contribution >= 0.6 is 0 Å². The molecule has 4 aliphatic carbocycles. The third-order valence-electron chi connectivity index (χ3n) is 9.98. The molecule has 4 aliphatic rings. The second kappa shape index (κ2) is 9.61. The Labute approximate surface area is 208 Å². The maximum Gasteiger partial charge on any atom is 0.260 e. The molecule has 6 heteroatoms. The van der Waals surface area contributed by atoms with Crippen LogP contribution in [0.1, 0.15) is 70.8 Å². The Morgan fingerprint density at radius 1 is 1.09 bits per heavy atom. The zero-order valence-corrected chi connectivity index (χ0v) is 21.1. The number of aliphatic hydroxyl groups excluding tert-OH is 1. The van der Waals surface area contributed by atoms with E-state index in [-0.39, 0.29) is 35.2 Å². The van der Waals surface area contributed by atoms with Gasteiger partial charge >= 0.3 is 0 Å². The molecular weight excluding hydrogens is 440 g/mol. The van der Waals surface area contributed by atoms with Gasteiger partial charge in [-0.15, -0.1) is 0 Å². The van der Waals surface area contributed by atoms with Crippen LogP contribution in [0, 0.1) is 28.6 Å². The van der Waals surface area contributed by atoms with Gasteiger partial charge in [-0.2, -0.15) is 0 Å². The van der Waals surface area contributed by atoms with Gasteiger partial charge in [-0.05, 0) is 110 Å². The van der Waals surface area contributed by atoms with Crippen molar-refractivity contribution in [3.63, 3.8) is 0 Å². The third-order valence-corrected chi connectivity index (χ3v) is 9.98. The molecule has 0 bridgehead atoms. The molecule has 1 aromatic rings. The number of rotatable bonds is 6. The molecule has 0 heterocycles. The molecule has 3 saturated carbocycles. The molecule has 0 saturated heterocycles. The minimum absolute atomic E-state index is 0.0766. The van der Waals surface area contributed by atoms with Gasteiger partial charge in [0.1, 0.15) is 5.75 Å². The lowest BCUT2D eigenvalue weighted by Gasteiger charge is -2.57. The number of hydrogen-bond acceptors (Lipinski definition) is 5. The van der Waals surface area contributed by atoms with Gasteiger partial charge in [0.2, 0.25) is 0 Å². The first-order chi connectivity index (χ1) is 16.8. The molecule has 35 heavy (non-hydrogen) atoms. The molecule has 190 valence electrons. The predicted octanol–water partition coefficient (Wildman–Crippen LogP) is 4.75. The van der Waals surface area contributed by atoms with Crippen molar-refractivity contribution in [2.45, 2.75) is 77.7 Å². The number of aliphatic hydroxyl groups is 1. The molecule has 6 atom stereocenters. The average Bonchev–Trinajstić information content (AvgIpc) is 3.15. The van der Waals surface area contributed by atoms with E-state index in [2.05, 4.69) is 30.4 Å². The molecule has 0 unspecified atom stereocenters. The smallest absolute Gasteiger partial charge is 0.260 e. The number of nitrogens with zero attached hydrogens (tertiary/aromatic N) is 1. The Hall–Kier alpha value is -2.34. The lowest BCUT2D eigenvalue weighted by atomic mass is 9.47. The summed E-state index contributed by atoms with van der Waals surface area (Å²) in [5, 5.41) is 27.2. The number of carbonyl (C=O) groups is 1. The summed E-state index contributed by atoms with van der Waals surface area (Å²) >= 11 is 0. The van der Waals surface area contributed by atoms with E-state index in [4.69, 9.17) is 4.84 Å². The second-order valence-electron chi connectivity index (χ2n) is 11.8. The van der Waals surface area contributed by atoms with Crippen molar-refractivity contribution in [2.24, 2.45) is 33.7 Å². The van der Waals surface area contributed by atoms with Gasteiger partial charge in [0.25, 0.3) is 5.91 Å². The van der Waals surface area contributed by atoms with Gasteiger partial charge in [0.15, 0.2) is 6.61 Å². The van der Waals surface area contributed by atoms with Crippen LogP contribution in [0.5, 0.6) is 5.75 Å². The van der Waals surface area contributed by atoms with E-state index in [1.165, 1.54) is 24.8 Å². The number of amides is 1. The van der Waals surface area contributed by atoms with E-state index < -0.39 is 0 Å². The van der Waals surface area contributed by atoms with Crippen LogP contribution in [0.3, 0.4) is 0 Å². The van der Waals surface area contributed by atoms with Gasteiger partial charge in [-0.25, -0.2) is 0 Å². The summed E-state index contributed by atoms with van der Waals surface area (Å²) in [6.45, 7) is 5.24. The Morgan fingerprint density at radius 3 is 2.69 bits per heavy atom. The number of carbonyl (C=O) groups excluding carboxylic acids is 1. The highest BCUT2D eigenvalue weighted by Crippen LogP contribution is 2.65. The number of oxime groups is 1. The minimum atomic E-state index is -0.175. The van der Waals surface area contributed by atoms with Gasteiger partial charge in [0, 0.05) is 6.54 Å². The predicted molar refractivity (Wildman–Crippen MR) is 136 cm³/mol. The molecule has 3 N–H and O–H groups in total. The molecular formula is C29H40N2O4. The van der Waals surface area contributed by atoms with E-state index in [1.807, 2.05) is 12.1 Å². The zero-order valence-electron chi connectivity index (χ0n) is 21.1. The molecule has 1 amide bonds. The van der Waals surface area contributed by atoms with E-state index in [1.54, 1.807) is 12.1 Å². The maximum atomic E-state index is 12.1. The van der Waals surface area contributed by atoms with Crippen molar-refractivity contribution in [3.8, 4) is 5.75 Å². The number of hydrogen-bond donors (Lipinski definition) is 3.